The molecule has 1 aliphatic heterocycles. The summed E-state index contributed by atoms with van der Waals surface area (Å²) in [4.78, 5) is 11.5. The maximum absolute atomic E-state index is 14.1. The van der Waals surface area contributed by atoms with Gasteiger partial charge in [-0.3, -0.25) is 4.68 Å². The van der Waals surface area contributed by atoms with Crippen LogP contribution in [0.3, 0.4) is 0 Å². The van der Waals surface area contributed by atoms with E-state index in [1.54, 1.807) is 24.5 Å². The largest absolute Gasteiger partial charge is 0.378 e. The Morgan fingerprint density at radius 3 is 2.48 bits per heavy atom. The van der Waals surface area contributed by atoms with Crippen LogP contribution in [0.1, 0.15) is 18.9 Å². The van der Waals surface area contributed by atoms with Gasteiger partial charge in [-0.25, -0.2) is 14.4 Å². The number of rotatable bonds is 4. The van der Waals surface area contributed by atoms with E-state index in [1.807, 2.05) is 6.07 Å². The highest BCUT2D eigenvalue weighted by Crippen LogP contribution is 2.40. The maximum Gasteiger partial charge on any atom is 0.180 e. The number of nitrogens with zero attached hydrogens (tertiary/aromatic N) is 5. The maximum atomic E-state index is 14.1. The van der Waals surface area contributed by atoms with Gasteiger partial charge in [0.2, 0.25) is 0 Å². The van der Waals surface area contributed by atoms with Gasteiger partial charge in [0.05, 0.1) is 24.8 Å². The molecule has 0 bridgehead atoms. The van der Waals surface area contributed by atoms with E-state index in [0.717, 1.165) is 61.4 Å². The fourth-order valence-electron chi connectivity index (χ4n) is 4.19. The van der Waals surface area contributed by atoms with E-state index in [4.69, 9.17) is 9.84 Å². The lowest BCUT2D eigenvalue weighted by Crippen LogP contribution is -2.36. The van der Waals surface area contributed by atoms with Gasteiger partial charge in [-0.2, -0.15) is 5.10 Å². The van der Waals surface area contributed by atoms with E-state index in [0.29, 0.717) is 23.0 Å². The second-order valence-corrected chi connectivity index (χ2v) is 8.10. The van der Waals surface area contributed by atoms with E-state index < -0.39 is 0 Å². The Balaban J connectivity index is 1.43. The number of hydrogen-bond acceptors (Lipinski definition) is 5. The first kappa shape index (κ1) is 18.4. The number of anilines is 1. The normalized spacial score (nSPS) is 16.7. The molecule has 6 rings (SSSR count). The fraction of sp³-hybridized carbons (Fsp3) is 0.292. The summed E-state index contributed by atoms with van der Waals surface area (Å²) in [5, 5.41) is 5.95. The number of fused-ring (bicyclic) bond motifs is 1. The Morgan fingerprint density at radius 1 is 0.968 bits per heavy atom. The molecule has 0 N–H and O–H groups in total. The summed E-state index contributed by atoms with van der Waals surface area (Å²) in [6.45, 7) is 3.25. The lowest BCUT2D eigenvalue weighted by Gasteiger charge is -2.28. The lowest BCUT2D eigenvalue weighted by atomic mass is 10.1. The second kappa shape index (κ2) is 7.42. The molecule has 0 amide bonds. The van der Waals surface area contributed by atoms with Crippen molar-refractivity contribution in [3.05, 3.63) is 60.7 Å². The minimum absolute atomic E-state index is 0.280. The second-order valence-electron chi connectivity index (χ2n) is 8.10. The van der Waals surface area contributed by atoms with Gasteiger partial charge in [0, 0.05) is 47.7 Å². The average molecular weight is 415 g/mol. The predicted octanol–water partition coefficient (Wildman–Crippen LogP) is 4.47. The Labute approximate surface area is 179 Å². The minimum atomic E-state index is -0.280. The standard InChI is InChI=1S/C24H22FN5O/c25-21-4-2-1-3-19(21)16-14-26-24(27-15-16)23-20-13-18(29-9-11-31-12-10-29)7-8-22(20)30(28-23)17-5-6-17/h1-4,7-8,13-15,17H,5-6,9-12H2. The van der Waals surface area contributed by atoms with Crippen LogP contribution < -0.4 is 4.90 Å². The predicted molar refractivity (Wildman–Crippen MR) is 117 cm³/mol. The number of ether oxygens (including phenoxy) is 1. The Kier molecular flexibility index (Phi) is 4.42. The first-order valence-corrected chi connectivity index (χ1v) is 10.7. The number of halogens is 1. The van der Waals surface area contributed by atoms with Crippen molar-refractivity contribution in [3.8, 4) is 22.6 Å². The summed E-state index contributed by atoms with van der Waals surface area (Å²) in [6.07, 6.45) is 5.64. The van der Waals surface area contributed by atoms with E-state index >= 15 is 0 Å². The topological polar surface area (TPSA) is 56.1 Å². The van der Waals surface area contributed by atoms with Crippen molar-refractivity contribution in [1.29, 1.82) is 0 Å². The molecular weight excluding hydrogens is 393 g/mol. The SMILES string of the molecule is Fc1ccccc1-c1cnc(-c2nn(C3CC3)c3ccc(N4CCOCC4)cc23)nc1. The molecule has 1 saturated heterocycles. The van der Waals surface area contributed by atoms with Crippen molar-refractivity contribution in [3.63, 3.8) is 0 Å². The van der Waals surface area contributed by atoms with Crippen LogP contribution >= 0.6 is 0 Å². The lowest BCUT2D eigenvalue weighted by molar-refractivity contribution is 0.122. The number of hydrogen-bond donors (Lipinski definition) is 0. The molecule has 2 aliphatic rings. The summed E-state index contributed by atoms with van der Waals surface area (Å²) in [6, 6.07) is 13.6. The van der Waals surface area contributed by atoms with Gasteiger partial charge in [-0.1, -0.05) is 18.2 Å². The quantitative estimate of drug-likeness (QED) is 0.492. The van der Waals surface area contributed by atoms with Crippen LogP contribution in [-0.2, 0) is 4.74 Å². The summed E-state index contributed by atoms with van der Waals surface area (Å²) in [5.74, 6) is 0.279. The minimum Gasteiger partial charge on any atom is -0.378 e. The van der Waals surface area contributed by atoms with Gasteiger partial charge in [0.1, 0.15) is 11.5 Å². The van der Waals surface area contributed by atoms with Crippen LogP contribution in [0.4, 0.5) is 10.1 Å². The van der Waals surface area contributed by atoms with Crippen LogP contribution in [0, 0.1) is 5.82 Å². The van der Waals surface area contributed by atoms with Crippen LogP contribution in [0.15, 0.2) is 54.9 Å². The highest BCUT2D eigenvalue weighted by Gasteiger charge is 2.28. The third kappa shape index (κ3) is 3.35. The molecule has 4 aromatic rings. The van der Waals surface area contributed by atoms with Crippen LogP contribution in [0.2, 0.25) is 0 Å². The van der Waals surface area contributed by atoms with E-state index in [2.05, 4.69) is 37.7 Å². The zero-order valence-electron chi connectivity index (χ0n) is 17.0. The molecule has 1 saturated carbocycles. The van der Waals surface area contributed by atoms with Crippen molar-refractivity contribution >= 4 is 16.6 Å². The molecule has 1 aliphatic carbocycles. The van der Waals surface area contributed by atoms with E-state index in [-0.39, 0.29) is 5.82 Å². The van der Waals surface area contributed by atoms with Crippen molar-refractivity contribution < 1.29 is 9.13 Å². The van der Waals surface area contributed by atoms with Gasteiger partial charge in [0.15, 0.2) is 5.82 Å². The molecule has 0 radical (unpaired) electrons. The zero-order valence-corrected chi connectivity index (χ0v) is 17.0. The fourth-order valence-corrected chi connectivity index (χ4v) is 4.19. The monoisotopic (exact) mass is 415 g/mol. The Morgan fingerprint density at radius 2 is 1.74 bits per heavy atom. The van der Waals surface area contributed by atoms with Gasteiger partial charge < -0.3 is 9.64 Å². The molecule has 31 heavy (non-hydrogen) atoms. The van der Waals surface area contributed by atoms with Crippen molar-refractivity contribution in [2.75, 3.05) is 31.2 Å². The molecule has 7 heteroatoms. The van der Waals surface area contributed by atoms with Crippen LogP contribution in [-0.4, -0.2) is 46.1 Å². The molecule has 2 aromatic heterocycles. The first-order chi connectivity index (χ1) is 15.3. The molecular formula is C24H22FN5O. The number of morpholine rings is 1. The van der Waals surface area contributed by atoms with Crippen LogP contribution in [0.25, 0.3) is 33.5 Å². The van der Waals surface area contributed by atoms with Gasteiger partial charge in [0.25, 0.3) is 0 Å². The molecule has 6 nitrogen and oxygen atoms in total. The van der Waals surface area contributed by atoms with Gasteiger partial charge >= 0.3 is 0 Å². The van der Waals surface area contributed by atoms with Crippen molar-refractivity contribution in [2.24, 2.45) is 0 Å². The highest BCUT2D eigenvalue weighted by atomic mass is 19.1. The number of benzene rings is 2. The summed E-state index contributed by atoms with van der Waals surface area (Å²) in [7, 11) is 0. The average Bonchev–Trinajstić information content (AvgIpc) is 3.60. The summed E-state index contributed by atoms with van der Waals surface area (Å²) < 4.78 is 21.8. The highest BCUT2D eigenvalue weighted by molar-refractivity contribution is 5.94. The molecule has 156 valence electrons. The third-order valence-corrected chi connectivity index (χ3v) is 6.01. The molecule has 2 aromatic carbocycles. The number of aromatic nitrogens is 4. The van der Waals surface area contributed by atoms with E-state index in [1.165, 1.54) is 6.07 Å². The first-order valence-electron chi connectivity index (χ1n) is 10.7. The molecule has 0 spiro atoms. The van der Waals surface area contributed by atoms with Crippen LogP contribution in [0.5, 0.6) is 0 Å². The molecule has 2 fully saturated rings. The Hall–Kier alpha value is -3.32. The van der Waals surface area contributed by atoms with Gasteiger partial charge in [-0.15, -0.1) is 0 Å². The summed E-state index contributed by atoms with van der Waals surface area (Å²) in [5.41, 5.74) is 4.20. The zero-order chi connectivity index (χ0) is 20.8. The Bertz CT molecular complexity index is 1240. The summed E-state index contributed by atoms with van der Waals surface area (Å²) >= 11 is 0. The van der Waals surface area contributed by atoms with Crippen molar-refractivity contribution in [2.45, 2.75) is 18.9 Å². The van der Waals surface area contributed by atoms with E-state index in [9.17, 15) is 4.39 Å². The smallest absolute Gasteiger partial charge is 0.180 e. The third-order valence-electron chi connectivity index (χ3n) is 6.01. The molecule has 0 unspecified atom stereocenters. The molecule has 3 heterocycles. The van der Waals surface area contributed by atoms with Crippen molar-refractivity contribution in [1.82, 2.24) is 19.7 Å². The molecule has 0 atom stereocenters. The van der Waals surface area contributed by atoms with Gasteiger partial charge in [-0.05, 0) is 37.1 Å².